The first-order chi connectivity index (χ1) is 28.3. The summed E-state index contributed by atoms with van der Waals surface area (Å²) in [7, 11) is 0. The van der Waals surface area contributed by atoms with Crippen molar-refractivity contribution in [1.29, 1.82) is 0 Å². The minimum atomic E-state index is -0.433. The summed E-state index contributed by atoms with van der Waals surface area (Å²) in [6.45, 7) is 0. The van der Waals surface area contributed by atoms with Crippen molar-refractivity contribution in [2.45, 2.75) is 5.41 Å². The third kappa shape index (κ3) is 4.68. The van der Waals surface area contributed by atoms with Gasteiger partial charge in [0.15, 0.2) is 0 Å². The van der Waals surface area contributed by atoms with Crippen molar-refractivity contribution < 1.29 is 0 Å². The van der Waals surface area contributed by atoms with Crippen LogP contribution in [0.25, 0.3) is 64.7 Å². The first-order valence-corrected chi connectivity index (χ1v) is 20.5. The lowest BCUT2D eigenvalue weighted by Gasteiger charge is -2.32. The topological polar surface area (TPSA) is 3.24 Å². The molecule has 12 rings (SSSR count). The highest BCUT2D eigenvalue weighted by Crippen LogP contribution is 2.63. The van der Waals surface area contributed by atoms with Crippen LogP contribution < -0.4 is 4.90 Å². The molecule has 0 fully saturated rings. The standard InChI is InChI=1S/C55H35NS/c1-2-15-36(16-3-1)37-17-14-18-38(33-37)41-19-7-12-27-52(41)56(39-30-32-54-47(34-39)46-23-8-13-28-53(46)57-54)40-29-31-45-44-22-6-11-26-50(44)55(51(45)35-40)48-24-9-4-20-42(48)43-21-5-10-25-49(43)55/h1-35H. The SMILES string of the molecule is c1ccc(-c2cccc(-c3ccccc3N(c3ccc4c(c3)C3(c5ccccc5-c5ccccc53)c3ccccc3-4)c3ccc4sc5ccccc5c4c3)c2)cc1. The van der Waals surface area contributed by atoms with E-state index in [-0.39, 0.29) is 0 Å². The van der Waals surface area contributed by atoms with E-state index in [4.69, 9.17) is 0 Å². The van der Waals surface area contributed by atoms with Crippen molar-refractivity contribution in [2.24, 2.45) is 0 Å². The molecule has 1 heterocycles. The molecule has 9 aromatic carbocycles. The maximum absolute atomic E-state index is 2.50. The Morgan fingerprint density at radius 3 is 1.58 bits per heavy atom. The molecule has 1 nitrogen and oxygen atoms in total. The molecule has 0 amide bonds. The van der Waals surface area contributed by atoms with E-state index in [1.165, 1.54) is 86.9 Å². The molecular formula is C55H35NS. The maximum atomic E-state index is 2.50. The number of benzene rings is 9. The Kier molecular flexibility index (Phi) is 7.08. The number of hydrogen-bond donors (Lipinski definition) is 0. The van der Waals surface area contributed by atoms with Crippen LogP contribution in [0.2, 0.25) is 0 Å². The summed E-state index contributed by atoms with van der Waals surface area (Å²) in [4.78, 5) is 2.50. The van der Waals surface area contributed by atoms with Crippen LogP contribution in [0, 0.1) is 0 Å². The third-order valence-corrected chi connectivity index (χ3v) is 13.4. The molecule has 0 N–H and O–H groups in total. The van der Waals surface area contributed by atoms with Crippen LogP contribution >= 0.6 is 11.3 Å². The van der Waals surface area contributed by atoms with Crippen molar-refractivity contribution in [2.75, 3.05) is 4.90 Å². The highest BCUT2D eigenvalue weighted by atomic mass is 32.1. The Balaban J connectivity index is 1.13. The molecule has 0 saturated carbocycles. The van der Waals surface area contributed by atoms with Gasteiger partial charge in [0, 0.05) is 37.1 Å². The van der Waals surface area contributed by atoms with Gasteiger partial charge in [-0.3, -0.25) is 0 Å². The molecule has 57 heavy (non-hydrogen) atoms. The first-order valence-electron chi connectivity index (χ1n) is 19.7. The minimum Gasteiger partial charge on any atom is -0.310 e. The molecule has 2 aliphatic carbocycles. The van der Waals surface area contributed by atoms with Gasteiger partial charge < -0.3 is 4.90 Å². The van der Waals surface area contributed by atoms with Gasteiger partial charge in [-0.2, -0.15) is 0 Å². The van der Waals surface area contributed by atoms with Gasteiger partial charge >= 0.3 is 0 Å². The minimum absolute atomic E-state index is 0.433. The van der Waals surface area contributed by atoms with Crippen molar-refractivity contribution in [1.82, 2.24) is 0 Å². The number of fused-ring (bicyclic) bond motifs is 13. The fourth-order valence-electron chi connectivity index (χ4n) is 9.91. The van der Waals surface area contributed by atoms with Crippen molar-refractivity contribution in [3.05, 3.63) is 235 Å². The zero-order valence-corrected chi connectivity index (χ0v) is 31.9. The lowest BCUT2D eigenvalue weighted by Crippen LogP contribution is -2.26. The Hall–Kier alpha value is -7.00. The van der Waals surface area contributed by atoms with Gasteiger partial charge in [-0.1, -0.05) is 164 Å². The van der Waals surface area contributed by atoms with E-state index in [2.05, 4.69) is 217 Å². The predicted octanol–water partition coefficient (Wildman–Crippen LogP) is 15.2. The van der Waals surface area contributed by atoms with E-state index in [1.54, 1.807) is 0 Å². The van der Waals surface area contributed by atoms with Crippen LogP contribution in [-0.2, 0) is 5.41 Å². The molecule has 1 spiro atoms. The van der Waals surface area contributed by atoms with E-state index in [9.17, 15) is 0 Å². The summed E-state index contributed by atoms with van der Waals surface area (Å²) in [6, 6.07) is 78.8. The van der Waals surface area contributed by atoms with Gasteiger partial charge in [0.2, 0.25) is 0 Å². The van der Waals surface area contributed by atoms with Crippen molar-refractivity contribution in [3.8, 4) is 44.5 Å². The number of rotatable bonds is 5. The monoisotopic (exact) mass is 741 g/mol. The summed E-state index contributed by atoms with van der Waals surface area (Å²) < 4.78 is 2.61. The Morgan fingerprint density at radius 1 is 0.316 bits per heavy atom. The molecule has 0 unspecified atom stereocenters. The molecular weight excluding hydrogens is 707 g/mol. The Morgan fingerprint density at radius 2 is 0.842 bits per heavy atom. The number of hydrogen-bond acceptors (Lipinski definition) is 2. The number of thiophene rings is 1. The summed E-state index contributed by atoms with van der Waals surface area (Å²) >= 11 is 1.86. The molecule has 2 aliphatic rings. The maximum Gasteiger partial charge on any atom is 0.0726 e. The molecule has 0 saturated heterocycles. The van der Waals surface area contributed by atoms with Crippen LogP contribution in [0.15, 0.2) is 212 Å². The van der Waals surface area contributed by atoms with Gasteiger partial charge in [-0.15, -0.1) is 11.3 Å². The lowest BCUT2D eigenvalue weighted by atomic mass is 9.70. The summed E-state index contributed by atoms with van der Waals surface area (Å²) in [5, 5.41) is 2.58. The highest BCUT2D eigenvalue weighted by Gasteiger charge is 2.51. The summed E-state index contributed by atoms with van der Waals surface area (Å²) in [5.74, 6) is 0. The molecule has 0 atom stereocenters. The molecule has 0 bridgehead atoms. The van der Waals surface area contributed by atoms with Gasteiger partial charge in [0.05, 0.1) is 11.1 Å². The van der Waals surface area contributed by atoms with Crippen LogP contribution in [0.1, 0.15) is 22.3 Å². The third-order valence-electron chi connectivity index (χ3n) is 12.3. The summed E-state index contributed by atoms with van der Waals surface area (Å²) in [6.07, 6.45) is 0. The largest absolute Gasteiger partial charge is 0.310 e. The van der Waals surface area contributed by atoms with Gasteiger partial charge in [0.25, 0.3) is 0 Å². The highest BCUT2D eigenvalue weighted by molar-refractivity contribution is 7.25. The molecule has 2 heteroatoms. The van der Waals surface area contributed by atoms with E-state index in [0.717, 1.165) is 17.1 Å². The average molecular weight is 742 g/mol. The van der Waals surface area contributed by atoms with Crippen LogP contribution in [0.3, 0.4) is 0 Å². The molecule has 10 aromatic rings. The normalized spacial score (nSPS) is 13.1. The van der Waals surface area contributed by atoms with E-state index < -0.39 is 5.41 Å². The van der Waals surface area contributed by atoms with Crippen molar-refractivity contribution >= 4 is 48.6 Å². The molecule has 1 aromatic heterocycles. The molecule has 0 radical (unpaired) electrons. The van der Waals surface area contributed by atoms with Crippen LogP contribution in [-0.4, -0.2) is 0 Å². The number of anilines is 3. The molecule has 0 aliphatic heterocycles. The lowest BCUT2D eigenvalue weighted by molar-refractivity contribution is 0.793. The van der Waals surface area contributed by atoms with E-state index >= 15 is 0 Å². The second-order valence-corrected chi connectivity index (χ2v) is 16.3. The first kappa shape index (κ1) is 32.3. The van der Waals surface area contributed by atoms with E-state index in [1.807, 2.05) is 11.3 Å². The van der Waals surface area contributed by atoms with Gasteiger partial charge in [-0.05, 0) is 110 Å². The number of para-hydroxylation sites is 1. The smallest absolute Gasteiger partial charge is 0.0726 e. The summed E-state index contributed by atoms with van der Waals surface area (Å²) in [5.41, 5.74) is 18.4. The van der Waals surface area contributed by atoms with E-state index in [0.29, 0.717) is 0 Å². The zero-order chi connectivity index (χ0) is 37.5. The van der Waals surface area contributed by atoms with Gasteiger partial charge in [0.1, 0.15) is 0 Å². The Labute approximate surface area is 336 Å². The number of nitrogens with zero attached hydrogens (tertiary/aromatic N) is 1. The zero-order valence-electron chi connectivity index (χ0n) is 31.1. The van der Waals surface area contributed by atoms with Crippen LogP contribution in [0.5, 0.6) is 0 Å². The van der Waals surface area contributed by atoms with Crippen LogP contribution in [0.4, 0.5) is 17.1 Å². The van der Waals surface area contributed by atoms with Gasteiger partial charge in [-0.25, -0.2) is 0 Å². The quantitative estimate of drug-likeness (QED) is 0.170. The average Bonchev–Trinajstić information content (AvgIpc) is 3.91. The second-order valence-electron chi connectivity index (χ2n) is 15.2. The Bertz CT molecular complexity index is 3140. The fourth-order valence-corrected chi connectivity index (χ4v) is 11.0. The van der Waals surface area contributed by atoms with Crippen molar-refractivity contribution in [3.63, 3.8) is 0 Å². The second kappa shape index (κ2) is 12.5. The molecule has 266 valence electrons. The predicted molar refractivity (Wildman–Crippen MR) is 241 cm³/mol. The fraction of sp³-hybridized carbons (Fsp3) is 0.0182.